The van der Waals surface area contributed by atoms with Crippen molar-refractivity contribution in [1.82, 2.24) is 9.97 Å². The number of nitrogens with zero attached hydrogens (tertiary/aromatic N) is 2. The van der Waals surface area contributed by atoms with Crippen molar-refractivity contribution in [3.05, 3.63) is 145 Å². The number of rotatable bonds is 3. The quantitative estimate of drug-likeness (QED) is 0.175. The number of para-hydroxylation sites is 1. The topological polar surface area (TPSA) is 38.9 Å². The zero-order valence-electron chi connectivity index (χ0n) is 21.3. The van der Waals surface area contributed by atoms with Gasteiger partial charge in [-0.2, -0.15) is 0 Å². The molecule has 0 aliphatic carbocycles. The molecule has 0 atom stereocenters. The van der Waals surface area contributed by atoms with Gasteiger partial charge in [0.25, 0.3) is 0 Å². The molecule has 0 aliphatic heterocycles. The Morgan fingerprint density at radius 1 is 0.641 bits per heavy atom. The predicted molar refractivity (Wildman–Crippen MR) is 154 cm³/mol. The Bertz CT molecular complexity index is 1780. The van der Waals surface area contributed by atoms with E-state index in [9.17, 15) is 0 Å². The number of furan rings is 1. The van der Waals surface area contributed by atoms with Crippen molar-refractivity contribution in [2.75, 3.05) is 0 Å². The van der Waals surface area contributed by atoms with Crippen LogP contribution in [0.25, 0.3) is 55.6 Å². The van der Waals surface area contributed by atoms with Crippen LogP contribution in [0.1, 0.15) is 5.56 Å². The Hall–Kier alpha value is -4.37. The standard InChI is InChI=1S/C24H16NO.C11H8N.Ir/c1-16-11-12-18(13-20(16)17-7-3-2-4-8-17)22-14-24-21(15-25-22)19-9-5-6-10-23(19)26-24;1-2-6-10(7-3-1)11-8-4-5-9-12-11;/h2-11,13-15H,1H3;1-6,8-9H;/q2*-1;. The molecule has 7 aromatic rings. The number of pyridine rings is 2. The number of fused-ring (bicyclic) bond motifs is 3. The molecule has 0 amide bonds. The third-order valence-corrected chi connectivity index (χ3v) is 6.43. The fraction of sp³-hybridized carbons (Fsp3) is 0.0286. The smallest absolute Gasteiger partial charge is 0.135 e. The van der Waals surface area contributed by atoms with E-state index in [0.717, 1.165) is 44.5 Å². The summed E-state index contributed by atoms with van der Waals surface area (Å²) in [6.45, 7) is 2.11. The molecule has 191 valence electrons. The third-order valence-electron chi connectivity index (χ3n) is 6.43. The second-order valence-corrected chi connectivity index (χ2v) is 8.96. The van der Waals surface area contributed by atoms with Gasteiger partial charge in [-0.05, 0) is 35.2 Å². The van der Waals surface area contributed by atoms with Crippen LogP contribution < -0.4 is 0 Å². The van der Waals surface area contributed by atoms with E-state index in [0.29, 0.717) is 0 Å². The fourth-order valence-corrected chi connectivity index (χ4v) is 4.48. The average molecular weight is 681 g/mol. The van der Waals surface area contributed by atoms with E-state index < -0.39 is 0 Å². The summed E-state index contributed by atoms with van der Waals surface area (Å²) in [6.07, 6.45) is 3.68. The van der Waals surface area contributed by atoms with E-state index in [2.05, 4.69) is 65.4 Å². The third kappa shape index (κ3) is 5.73. The van der Waals surface area contributed by atoms with Gasteiger partial charge >= 0.3 is 0 Å². The number of hydrogen-bond donors (Lipinski definition) is 0. The van der Waals surface area contributed by atoms with E-state index in [4.69, 9.17) is 4.42 Å². The molecule has 0 aliphatic rings. The van der Waals surface area contributed by atoms with Crippen molar-refractivity contribution in [2.45, 2.75) is 6.92 Å². The molecule has 0 spiro atoms. The molecular weight excluding hydrogens is 657 g/mol. The molecule has 3 aromatic heterocycles. The van der Waals surface area contributed by atoms with E-state index >= 15 is 0 Å². The molecule has 3 heterocycles. The van der Waals surface area contributed by atoms with E-state index in [1.165, 1.54) is 16.7 Å². The van der Waals surface area contributed by atoms with Crippen molar-refractivity contribution in [1.29, 1.82) is 0 Å². The van der Waals surface area contributed by atoms with Gasteiger partial charge in [0.05, 0.1) is 0 Å². The Labute approximate surface area is 241 Å². The first-order valence-corrected chi connectivity index (χ1v) is 12.5. The second-order valence-electron chi connectivity index (χ2n) is 8.96. The first-order chi connectivity index (χ1) is 18.8. The average Bonchev–Trinajstić information content (AvgIpc) is 3.37. The first-order valence-electron chi connectivity index (χ1n) is 12.5. The van der Waals surface area contributed by atoms with E-state index in [-0.39, 0.29) is 20.1 Å². The van der Waals surface area contributed by atoms with Crippen LogP contribution >= 0.6 is 0 Å². The van der Waals surface area contributed by atoms with Crippen LogP contribution in [0.15, 0.2) is 132 Å². The monoisotopic (exact) mass is 681 g/mol. The summed E-state index contributed by atoms with van der Waals surface area (Å²) in [5, 5.41) is 2.14. The summed E-state index contributed by atoms with van der Waals surface area (Å²) >= 11 is 0. The molecule has 0 bridgehead atoms. The van der Waals surface area contributed by atoms with Gasteiger partial charge in [-0.1, -0.05) is 73.2 Å². The molecule has 1 radical (unpaired) electrons. The summed E-state index contributed by atoms with van der Waals surface area (Å²) in [7, 11) is 0. The van der Waals surface area contributed by atoms with Crippen LogP contribution in [0, 0.1) is 19.1 Å². The van der Waals surface area contributed by atoms with Gasteiger partial charge in [-0.25, -0.2) is 0 Å². The van der Waals surface area contributed by atoms with Crippen LogP contribution in [-0.4, -0.2) is 9.97 Å². The van der Waals surface area contributed by atoms with Gasteiger partial charge in [-0.15, -0.1) is 65.2 Å². The zero-order chi connectivity index (χ0) is 25.7. The Morgan fingerprint density at radius 3 is 2.23 bits per heavy atom. The number of aryl methyl sites for hydroxylation is 1. The normalized spacial score (nSPS) is 10.5. The SMILES string of the molecule is Cc1c[c-]c(-c2cc3oc4ccccc4c3cn2)cc1-c1ccccc1.[Ir].[c-]1ccccc1-c1ccccn1. The number of benzene rings is 4. The van der Waals surface area contributed by atoms with E-state index in [1.54, 1.807) is 6.20 Å². The maximum atomic E-state index is 6.00. The van der Waals surface area contributed by atoms with Crippen molar-refractivity contribution in [3.8, 4) is 33.6 Å². The van der Waals surface area contributed by atoms with Gasteiger partial charge < -0.3 is 14.4 Å². The minimum atomic E-state index is 0. The van der Waals surface area contributed by atoms with Crippen LogP contribution in [0.5, 0.6) is 0 Å². The van der Waals surface area contributed by atoms with Gasteiger partial charge in [-0.3, -0.25) is 0 Å². The molecule has 0 saturated carbocycles. The van der Waals surface area contributed by atoms with Crippen molar-refractivity contribution in [2.24, 2.45) is 0 Å². The van der Waals surface area contributed by atoms with Gasteiger partial charge in [0.2, 0.25) is 0 Å². The summed E-state index contributed by atoms with van der Waals surface area (Å²) in [4.78, 5) is 8.89. The molecule has 39 heavy (non-hydrogen) atoms. The minimum Gasteiger partial charge on any atom is -0.457 e. The molecule has 3 nitrogen and oxygen atoms in total. The summed E-state index contributed by atoms with van der Waals surface area (Å²) in [5.74, 6) is 0. The molecule has 7 rings (SSSR count). The van der Waals surface area contributed by atoms with Gasteiger partial charge in [0.15, 0.2) is 0 Å². The van der Waals surface area contributed by atoms with Crippen LogP contribution in [0.3, 0.4) is 0 Å². The Morgan fingerprint density at radius 2 is 1.44 bits per heavy atom. The Balaban J connectivity index is 0.000000200. The second kappa shape index (κ2) is 12.0. The molecule has 4 heteroatoms. The molecule has 0 fully saturated rings. The summed E-state index contributed by atoms with van der Waals surface area (Å²) in [5.41, 5.74) is 9.19. The van der Waals surface area contributed by atoms with E-state index in [1.807, 2.05) is 85.1 Å². The maximum absolute atomic E-state index is 6.00. The molecule has 4 aromatic carbocycles. The van der Waals surface area contributed by atoms with Crippen molar-refractivity contribution >= 4 is 21.9 Å². The number of aromatic nitrogens is 2. The van der Waals surface area contributed by atoms with Crippen LogP contribution in [0.2, 0.25) is 0 Å². The fourth-order valence-electron chi connectivity index (χ4n) is 4.48. The van der Waals surface area contributed by atoms with Crippen LogP contribution in [-0.2, 0) is 20.1 Å². The summed E-state index contributed by atoms with van der Waals surface area (Å²) in [6, 6.07) is 44.8. The van der Waals surface area contributed by atoms with Crippen LogP contribution in [0.4, 0.5) is 0 Å². The van der Waals surface area contributed by atoms with Crippen molar-refractivity contribution < 1.29 is 24.5 Å². The molecule has 0 N–H and O–H groups in total. The van der Waals surface area contributed by atoms with Crippen molar-refractivity contribution in [3.63, 3.8) is 0 Å². The van der Waals surface area contributed by atoms with Gasteiger partial charge in [0.1, 0.15) is 11.2 Å². The summed E-state index contributed by atoms with van der Waals surface area (Å²) < 4.78 is 6.00. The largest absolute Gasteiger partial charge is 0.457 e. The maximum Gasteiger partial charge on any atom is 0.135 e. The number of hydrogen-bond acceptors (Lipinski definition) is 3. The zero-order valence-corrected chi connectivity index (χ0v) is 23.7. The molecule has 0 unspecified atom stereocenters. The molecule has 0 saturated heterocycles. The minimum absolute atomic E-state index is 0. The van der Waals surface area contributed by atoms with Gasteiger partial charge in [0, 0.05) is 43.3 Å². The molecular formula is C35H24IrN2O-2. The Kier molecular flexibility index (Phi) is 8.07. The first kappa shape index (κ1) is 26.2. The predicted octanol–water partition coefficient (Wildman–Crippen LogP) is 8.97.